The lowest BCUT2D eigenvalue weighted by atomic mass is 10.2. The van der Waals surface area contributed by atoms with Crippen LogP contribution >= 0.6 is 11.6 Å². The van der Waals surface area contributed by atoms with Gasteiger partial charge in [-0.2, -0.15) is 5.10 Å². The highest BCUT2D eigenvalue weighted by Gasteiger charge is 2.14. The number of nitrogens with one attached hydrogen (secondary N) is 1. The van der Waals surface area contributed by atoms with Gasteiger partial charge in [-0.3, -0.25) is 4.79 Å². The molecule has 1 amide bonds. The third kappa shape index (κ3) is 5.46. The van der Waals surface area contributed by atoms with E-state index in [4.69, 9.17) is 11.6 Å². The summed E-state index contributed by atoms with van der Waals surface area (Å²) in [4.78, 5) is 16.3. The largest absolute Gasteiger partial charge is 0.304 e. The van der Waals surface area contributed by atoms with Gasteiger partial charge >= 0.3 is 0 Å². The van der Waals surface area contributed by atoms with E-state index in [1.54, 1.807) is 12.3 Å². The van der Waals surface area contributed by atoms with Crippen LogP contribution in [0.1, 0.15) is 12.0 Å². The predicted octanol–water partition coefficient (Wildman–Crippen LogP) is 1.43. The third-order valence-electron chi connectivity index (χ3n) is 3.55. The molecule has 0 spiro atoms. The fraction of sp³-hybridized carbons (Fsp3) is 0.467. The molecule has 1 aromatic rings. The Morgan fingerprint density at radius 1 is 1.33 bits per heavy atom. The number of piperazine rings is 1. The van der Waals surface area contributed by atoms with E-state index in [1.807, 2.05) is 18.2 Å². The lowest BCUT2D eigenvalue weighted by Gasteiger charge is -2.32. The molecular weight excluding hydrogens is 288 g/mol. The number of hydrazone groups is 1. The molecule has 21 heavy (non-hydrogen) atoms. The Hall–Kier alpha value is -1.43. The van der Waals surface area contributed by atoms with E-state index in [0.717, 1.165) is 38.3 Å². The molecule has 6 heteroatoms. The number of benzene rings is 1. The van der Waals surface area contributed by atoms with E-state index in [0.29, 0.717) is 11.4 Å². The second-order valence-electron chi connectivity index (χ2n) is 5.21. The van der Waals surface area contributed by atoms with Gasteiger partial charge in [0.25, 0.3) is 0 Å². The van der Waals surface area contributed by atoms with Crippen molar-refractivity contribution in [2.45, 2.75) is 6.42 Å². The minimum atomic E-state index is -0.0720. The van der Waals surface area contributed by atoms with Gasteiger partial charge in [0, 0.05) is 49.7 Å². The molecule has 0 atom stereocenters. The Morgan fingerprint density at radius 3 is 2.76 bits per heavy atom. The zero-order valence-electron chi connectivity index (χ0n) is 12.3. The van der Waals surface area contributed by atoms with E-state index in [2.05, 4.69) is 27.4 Å². The molecule has 1 aliphatic heterocycles. The Kier molecular flexibility index (Phi) is 6.17. The van der Waals surface area contributed by atoms with Crippen LogP contribution in [0, 0.1) is 0 Å². The van der Waals surface area contributed by atoms with Crippen molar-refractivity contribution in [1.29, 1.82) is 0 Å². The number of hydrogen-bond donors (Lipinski definition) is 1. The zero-order chi connectivity index (χ0) is 15.1. The maximum atomic E-state index is 11.7. The maximum absolute atomic E-state index is 11.7. The van der Waals surface area contributed by atoms with Gasteiger partial charge in [0.05, 0.1) is 6.21 Å². The van der Waals surface area contributed by atoms with Crippen LogP contribution < -0.4 is 5.43 Å². The van der Waals surface area contributed by atoms with E-state index >= 15 is 0 Å². The zero-order valence-corrected chi connectivity index (χ0v) is 13.0. The van der Waals surface area contributed by atoms with Gasteiger partial charge in [0.15, 0.2) is 0 Å². The van der Waals surface area contributed by atoms with Crippen LogP contribution in [0.2, 0.25) is 5.02 Å². The van der Waals surface area contributed by atoms with Crippen LogP contribution in [0.3, 0.4) is 0 Å². The van der Waals surface area contributed by atoms with Crippen LogP contribution in [-0.4, -0.2) is 61.7 Å². The second kappa shape index (κ2) is 8.12. The number of carbonyl (C=O) groups excluding carboxylic acids is 1. The summed E-state index contributed by atoms with van der Waals surface area (Å²) >= 11 is 6.00. The maximum Gasteiger partial charge on any atom is 0.241 e. The quantitative estimate of drug-likeness (QED) is 0.661. The fourth-order valence-corrected chi connectivity index (χ4v) is 2.33. The molecule has 1 aromatic carbocycles. The first kappa shape index (κ1) is 15.9. The molecule has 114 valence electrons. The van der Waals surface area contributed by atoms with E-state index < -0.39 is 0 Å². The number of carbonyl (C=O) groups is 1. The number of amides is 1. The number of nitrogens with zero attached hydrogens (tertiary/aromatic N) is 3. The molecular formula is C15H21ClN4O. The van der Waals surface area contributed by atoms with Gasteiger partial charge in [0.1, 0.15) is 0 Å². The van der Waals surface area contributed by atoms with Crippen molar-refractivity contribution >= 4 is 23.7 Å². The minimum absolute atomic E-state index is 0.0720. The summed E-state index contributed by atoms with van der Waals surface area (Å²) in [6.07, 6.45) is 2.03. The van der Waals surface area contributed by atoms with Gasteiger partial charge in [-0.25, -0.2) is 5.43 Å². The molecule has 1 heterocycles. The SMILES string of the molecule is CN1CCN(CCC(=O)N/N=C/c2ccccc2Cl)CC1. The third-order valence-corrected chi connectivity index (χ3v) is 3.89. The molecule has 0 saturated carbocycles. The topological polar surface area (TPSA) is 47.9 Å². The molecule has 1 fully saturated rings. The van der Waals surface area contributed by atoms with Crippen molar-refractivity contribution in [1.82, 2.24) is 15.2 Å². The molecule has 5 nitrogen and oxygen atoms in total. The van der Waals surface area contributed by atoms with Crippen molar-refractivity contribution in [2.24, 2.45) is 5.10 Å². The average molecular weight is 309 g/mol. The average Bonchev–Trinajstić information content (AvgIpc) is 2.49. The van der Waals surface area contributed by atoms with Crippen molar-refractivity contribution in [2.75, 3.05) is 39.8 Å². The highest BCUT2D eigenvalue weighted by Crippen LogP contribution is 2.11. The molecule has 2 rings (SSSR count). The molecule has 1 saturated heterocycles. The number of halogens is 1. The monoisotopic (exact) mass is 308 g/mol. The molecule has 0 aromatic heterocycles. The van der Waals surface area contributed by atoms with Gasteiger partial charge in [-0.05, 0) is 13.1 Å². The van der Waals surface area contributed by atoms with Crippen LogP contribution in [-0.2, 0) is 4.79 Å². The molecule has 0 radical (unpaired) electrons. The summed E-state index contributed by atoms with van der Waals surface area (Å²) < 4.78 is 0. The van der Waals surface area contributed by atoms with Crippen molar-refractivity contribution < 1.29 is 4.79 Å². The Morgan fingerprint density at radius 2 is 2.05 bits per heavy atom. The molecule has 0 aliphatic carbocycles. The standard InChI is InChI=1S/C15H21ClN4O/c1-19-8-10-20(11-9-19)7-6-15(21)18-17-12-13-4-2-3-5-14(13)16/h2-5,12H,6-11H2,1H3,(H,18,21)/b17-12+. The predicted molar refractivity (Wildman–Crippen MR) is 85.7 cm³/mol. The smallest absolute Gasteiger partial charge is 0.241 e. The van der Waals surface area contributed by atoms with Crippen molar-refractivity contribution in [3.63, 3.8) is 0 Å². The molecule has 0 bridgehead atoms. The minimum Gasteiger partial charge on any atom is -0.304 e. The summed E-state index contributed by atoms with van der Waals surface area (Å²) in [6.45, 7) is 4.94. The fourth-order valence-electron chi connectivity index (χ4n) is 2.14. The van der Waals surface area contributed by atoms with Gasteiger partial charge < -0.3 is 9.80 Å². The Balaban J connectivity index is 1.69. The van der Waals surface area contributed by atoms with Crippen LogP contribution in [0.25, 0.3) is 0 Å². The van der Waals surface area contributed by atoms with Crippen LogP contribution in [0.5, 0.6) is 0 Å². The van der Waals surface area contributed by atoms with E-state index in [9.17, 15) is 4.79 Å². The first-order valence-corrected chi connectivity index (χ1v) is 7.50. The Bertz CT molecular complexity index is 498. The molecule has 1 aliphatic rings. The number of hydrogen-bond acceptors (Lipinski definition) is 4. The highest BCUT2D eigenvalue weighted by atomic mass is 35.5. The molecule has 1 N–H and O–H groups in total. The second-order valence-corrected chi connectivity index (χ2v) is 5.62. The first-order valence-electron chi connectivity index (χ1n) is 7.12. The van der Waals surface area contributed by atoms with Crippen LogP contribution in [0.4, 0.5) is 0 Å². The lowest BCUT2D eigenvalue weighted by molar-refractivity contribution is -0.121. The summed E-state index contributed by atoms with van der Waals surface area (Å²) in [6, 6.07) is 7.37. The van der Waals surface area contributed by atoms with Gasteiger partial charge in [-0.15, -0.1) is 0 Å². The lowest BCUT2D eigenvalue weighted by Crippen LogP contribution is -2.45. The summed E-state index contributed by atoms with van der Waals surface area (Å²) in [5.74, 6) is -0.0720. The van der Waals surface area contributed by atoms with Gasteiger partial charge in [-0.1, -0.05) is 29.8 Å². The summed E-state index contributed by atoms with van der Waals surface area (Å²) in [5, 5.41) is 4.56. The van der Waals surface area contributed by atoms with Gasteiger partial charge in [0.2, 0.25) is 5.91 Å². The van der Waals surface area contributed by atoms with Crippen molar-refractivity contribution in [3.8, 4) is 0 Å². The Labute approximate surface area is 130 Å². The van der Waals surface area contributed by atoms with Crippen molar-refractivity contribution in [3.05, 3.63) is 34.9 Å². The first-order chi connectivity index (χ1) is 10.1. The number of rotatable bonds is 5. The number of likely N-dealkylation sites (N-methyl/N-ethyl adjacent to an activating group) is 1. The summed E-state index contributed by atoms with van der Waals surface area (Å²) in [5.41, 5.74) is 3.33. The van der Waals surface area contributed by atoms with E-state index in [-0.39, 0.29) is 5.91 Å². The highest BCUT2D eigenvalue weighted by molar-refractivity contribution is 6.33. The summed E-state index contributed by atoms with van der Waals surface area (Å²) in [7, 11) is 2.12. The molecule has 0 unspecified atom stereocenters. The van der Waals surface area contributed by atoms with Crippen LogP contribution in [0.15, 0.2) is 29.4 Å². The van der Waals surface area contributed by atoms with E-state index in [1.165, 1.54) is 0 Å². The normalized spacial score (nSPS) is 17.2.